The van der Waals surface area contributed by atoms with Crippen molar-refractivity contribution in [2.45, 2.75) is 12.7 Å². The molecule has 22 heavy (non-hydrogen) atoms. The summed E-state index contributed by atoms with van der Waals surface area (Å²) >= 11 is 0. The van der Waals surface area contributed by atoms with Crippen molar-refractivity contribution in [2.24, 2.45) is 0 Å². The first-order chi connectivity index (χ1) is 10.3. The predicted octanol–water partition coefficient (Wildman–Crippen LogP) is 4.47. The normalized spacial score (nSPS) is 11.1. The minimum Gasteiger partial charge on any atom is -0.379 e. The number of anilines is 1. The van der Waals surface area contributed by atoms with Crippen molar-refractivity contribution < 1.29 is 22.0 Å². The highest BCUT2D eigenvalue weighted by Crippen LogP contribution is 2.33. The highest BCUT2D eigenvalue weighted by atomic mass is 19.4. The first kappa shape index (κ1) is 15.8. The Morgan fingerprint density at radius 1 is 1.05 bits per heavy atom. The number of halogens is 5. The van der Waals surface area contributed by atoms with Crippen molar-refractivity contribution in [2.75, 3.05) is 5.32 Å². The molecular formula is C15H9F5N2. The minimum atomic E-state index is -4.72. The average molecular weight is 312 g/mol. The van der Waals surface area contributed by atoms with Crippen LogP contribution in [0.25, 0.3) is 0 Å². The van der Waals surface area contributed by atoms with Gasteiger partial charge >= 0.3 is 6.18 Å². The number of nitrogens with zero attached hydrogens (tertiary/aromatic N) is 1. The van der Waals surface area contributed by atoms with Crippen LogP contribution in [-0.2, 0) is 12.7 Å². The Labute approximate surface area is 122 Å². The molecule has 0 unspecified atom stereocenters. The standard InChI is InChI=1S/C15H9F5N2/c16-11-3-2-10(12(6-11)15(18,19)20)8-22-14-5-9(7-21)1-4-13(14)17/h1-6,22H,8H2. The molecule has 0 aliphatic carbocycles. The maximum Gasteiger partial charge on any atom is 0.416 e. The van der Waals surface area contributed by atoms with Gasteiger partial charge in [0.25, 0.3) is 0 Å². The van der Waals surface area contributed by atoms with Gasteiger partial charge in [-0.3, -0.25) is 0 Å². The van der Waals surface area contributed by atoms with Crippen molar-refractivity contribution in [3.63, 3.8) is 0 Å². The maximum atomic E-state index is 13.6. The molecule has 2 aromatic carbocycles. The third kappa shape index (κ3) is 3.52. The molecule has 0 bridgehead atoms. The molecule has 1 N–H and O–H groups in total. The maximum absolute atomic E-state index is 13.6. The fourth-order valence-electron chi connectivity index (χ4n) is 1.89. The van der Waals surface area contributed by atoms with Crippen LogP contribution in [0.4, 0.5) is 27.6 Å². The second kappa shape index (κ2) is 6.02. The van der Waals surface area contributed by atoms with E-state index in [-0.39, 0.29) is 23.4 Å². The quantitative estimate of drug-likeness (QED) is 0.849. The molecule has 7 heteroatoms. The summed E-state index contributed by atoms with van der Waals surface area (Å²) in [6, 6.07) is 7.54. The van der Waals surface area contributed by atoms with E-state index in [0.717, 1.165) is 18.2 Å². The largest absolute Gasteiger partial charge is 0.416 e. The zero-order valence-electron chi connectivity index (χ0n) is 11.0. The van der Waals surface area contributed by atoms with E-state index >= 15 is 0 Å². The molecule has 0 radical (unpaired) electrons. The fraction of sp³-hybridized carbons (Fsp3) is 0.133. The van der Waals surface area contributed by atoms with Gasteiger partial charge in [0, 0.05) is 6.54 Å². The molecular weight excluding hydrogens is 303 g/mol. The van der Waals surface area contributed by atoms with Crippen LogP contribution in [0.2, 0.25) is 0 Å². The van der Waals surface area contributed by atoms with Gasteiger partial charge in [0.15, 0.2) is 0 Å². The van der Waals surface area contributed by atoms with E-state index in [2.05, 4.69) is 5.32 Å². The van der Waals surface area contributed by atoms with E-state index in [0.29, 0.717) is 6.07 Å². The number of nitrogens with one attached hydrogen (secondary N) is 1. The highest BCUT2D eigenvalue weighted by Gasteiger charge is 2.33. The number of nitriles is 1. The molecule has 0 aliphatic rings. The van der Waals surface area contributed by atoms with Gasteiger partial charge in [-0.1, -0.05) is 6.07 Å². The van der Waals surface area contributed by atoms with Gasteiger partial charge in [0.2, 0.25) is 0 Å². The molecule has 0 aliphatic heterocycles. The number of hydrogen-bond acceptors (Lipinski definition) is 2. The summed E-state index contributed by atoms with van der Waals surface area (Å²) < 4.78 is 65.1. The lowest BCUT2D eigenvalue weighted by Crippen LogP contribution is -2.12. The van der Waals surface area contributed by atoms with E-state index in [1.165, 1.54) is 12.1 Å². The molecule has 2 rings (SSSR count). The SMILES string of the molecule is N#Cc1ccc(F)c(NCc2ccc(F)cc2C(F)(F)F)c1. The Balaban J connectivity index is 2.28. The molecule has 0 saturated heterocycles. The number of alkyl halides is 3. The van der Waals surface area contributed by atoms with Crippen molar-refractivity contribution in [1.82, 2.24) is 0 Å². The van der Waals surface area contributed by atoms with Gasteiger partial charge < -0.3 is 5.32 Å². The zero-order chi connectivity index (χ0) is 16.3. The lowest BCUT2D eigenvalue weighted by molar-refractivity contribution is -0.138. The smallest absolute Gasteiger partial charge is 0.379 e. The average Bonchev–Trinajstić information content (AvgIpc) is 2.46. The lowest BCUT2D eigenvalue weighted by atomic mass is 10.1. The molecule has 0 fully saturated rings. The molecule has 0 atom stereocenters. The minimum absolute atomic E-state index is 0.100. The summed E-state index contributed by atoms with van der Waals surface area (Å²) in [5.74, 6) is -1.71. The van der Waals surface area contributed by atoms with Crippen molar-refractivity contribution in [3.05, 3.63) is 64.7 Å². The summed E-state index contributed by atoms with van der Waals surface area (Å²) in [6.45, 7) is -0.360. The van der Waals surface area contributed by atoms with E-state index in [9.17, 15) is 22.0 Å². The van der Waals surface area contributed by atoms with Crippen molar-refractivity contribution >= 4 is 5.69 Å². The summed E-state index contributed by atoms with van der Waals surface area (Å²) in [5, 5.41) is 11.2. The molecule has 0 amide bonds. The first-order valence-electron chi connectivity index (χ1n) is 6.10. The van der Waals surface area contributed by atoms with Gasteiger partial charge in [-0.05, 0) is 35.9 Å². The Kier molecular flexibility index (Phi) is 4.31. The predicted molar refractivity (Wildman–Crippen MR) is 69.8 cm³/mol. The van der Waals surface area contributed by atoms with Crippen LogP contribution >= 0.6 is 0 Å². The molecule has 2 nitrogen and oxygen atoms in total. The number of rotatable bonds is 3. The van der Waals surface area contributed by atoms with Crippen LogP contribution in [0.1, 0.15) is 16.7 Å². The molecule has 0 spiro atoms. The van der Waals surface area contributed by atoms with E-state index < -0.39 is 23.4 Å². The van der Waals surface area contributed by atoms with E-state index in [1.807, 2.05) is 0 Å². The topological polar surface area (TPSA) is 35.8 Å². The first-order valence-corrected chi connectivity index (χ1v) is 6.10. The van der Waals surface area contributed by atoms with Crippen LogP contribution in [-0.4, -0.2) is 0 Å². The lowest BCUT2D eigenvalue weighted by Gasteiger charge is -2.14. The molecule has 0 aromatic heterocycles. The summed E-state index contributed by atoms with van der Waals surface area (Å²) in [6.07, 6.45) is -4.72. The van der Waals surface area contributed by atoms with Gasteiger partial charge in [0.05, 0.1) is 22.9 Å². The van der Waals surface area contributed by atoms with Gasteiger partial charge in [0.1, 0.15) is 11.6 Å². The van der Waals surface area contributed by atoms with Crippen LogP contribution in [0.3, 0.4) is 0 Å². The number of benzene rings is 2. The Bertz CT molecular complexity index is 732. The second-order valence-corrected chi connectivity index (χ2v) is 4.46. The molecule has 0 saturated carbocycles. The Morgan fingerprint density at radius 2 is 1.77 bits per heavy atom. The highest BCUT2D eigenvalue weighted by molar-refractivity contribution is 5.51. The number of hydrogen-bond donors (Lipinski definition) is 1. The Morgan fingerprint density at radius 3 is 2.41 bits per heavy atom. The summed E-state index contributed by atoms with van der Waals surface area (Å²) in [5.41, 5.74) is -1.29. The van der Waals surface area contributed by atoms with Gasteiger partial charge in [-0.15, -0.1) is 0 Å². The van der Waals surface area contributed by atoms with Gasteiger partial charge in [-0.2, -0.15) is 18.4 Å². The van der Waals surface area contributed by atoms with Crippen LogP contribution in [0.15, 0.2) is 36.4 Å². The third-order valence-electron chi connectivity index (χ3n) is 2.94. The third-order valence-corrected chi connectivity index (χ3v) is 2.94. The Hall–Kier alpha value is -2.62. The monoisotopic (exact) mass is 312 g/mol. The second-order valence-electron chi connectivity index (χ2n) is 4.46. The summed E-state index contributed by atoms with van der Waals surface area (Å²) in [7, 11) is 0. The van der Waals surface area contributed by atoms with Crippen LogP contribution in [0.5, 0.6) is 0 Å². The van der Waals surface area contributed by atoms with Crippen LogP contribution < -0.4 is 5.32 Å². The van der Waals surface area contributed by atoms with E-state index in [4.69, 9.17) is 5.26 Å². The summed E-state index contributed by atoms with van der Waals surface area (Å²) in [4.78, 5) is 0. The molecule has 114 valence electrons. The fourth-order valence-corrected chi connectivity index (χ4v) is 1.89. The zero-order valence-corrected chi connectivity index (χ0v) is 11.0. The van der Waals surface area contributed by atoms with E-state index in [1.54, 1.807) is 6.07 Å². The van der Waals surface area contributed by atoms with Gasteiger partial charge in [-0.25, -0.2) is 8.78 Å². The van der Waals surface area contributed by atoms with Crippen molar-refractivity contribution in [3.8, 4) is 6.07 Å². The molecule has 0 heterocycles. The van der Waals surface area contributed by atoms with Crippen molar-refractivity contribution in [1.29, 1.82) is 5.26 Å². The van der Waals surface area contributed by atoms with Crippen LogP contribution in [0, 0.1) is 23.0 Å². The molecule has 2 aromatic rings.